The average molecular weight is 222 g/mol. The zero-order chi connectivity index (χ0) is 10.8. The highest BCUT2D eigenvalue weighted by Crippen LogP contribution is 2.27. The van der Waals surface area contributed by atoms with E-state index in [1.807, 2.05) is 23.9 Å². The maximum atomic E-state index is 5.69. The molecule has 5 heteroatoms. The third-order valence-electron chi connectivity index (χ3n) is 2.13. The fourth-order valence-corrected chi connectivity index (χ4v) is 2.25. The van der Waals surface area contributed by atoms with Crippen LogP contribution in [-0.2, 0) is 13.5 Å². The van der Waals surface area contributed by atoms with Crippen molar-refractivity contribution in [3.05, 3.63) is 18.0 Å². The van der Waals surface area contributed by atoms with Gasteiger partial charge in [-0.05, 0) is 18.6 Å². The lowest BCUT2D eigenvalue weighted by Crippen LogP contribution is -1.93. The summed E-state index contributed by atoms with van der Waals surface area (Å²) in [5, 5.41) is 5.17. The van der Waals surface area contributed by atoms with E-state index < -0.39 is 0 Å². The topological polar surface area (TPSA) is 56.7 Å². The maximum Gasteiger partial charge on any atom is 0.168 e. The lowest BCUT2D eigenvalue weighted by atomic mass is 10.3. The first-order valence-corrected chi connectivity index (χ1v) is 5.78. The van der Waals surface area contributed by atoms with Crippen molar-refractivity contribution >= 4 is 16.3 Å². The summed E-state index contributed by atoms with van der Waals surface area (Å²) >= 11 is 1.54. The van der Waals surface area contributed by atoms with Gasteiger partial charge in [-0.2, -0.15) is 5.10 Å². The average Bonchev–Trinajstić information content (AvgIpc) is 2.73. The Morgan fingerprint density at radius 2 is 2.27 bits per heavy atom. The number of aryl methyl sites for hydroxylation is 2. The number of hydrogen-bond donors (Lipinski definition) is 1. The zero-order valence-corrected chi connectivity index (χ0v) is 9.71. The fraction of sp³-hybridized carbons (Fsp3) is 0.400. The van der Waals surface area contributed by atoms with Crippen molar-refractivity contribution in [1.82, 2.24) is 14.8 Å². The Hall–Kier alpha value is -1.36. The first kappa shape index (κ1) is 10.2. The van der Waals surface area contributed by atoms with Crippen molar-refractivity contribution in [3.8, 4) is 10.7 Å². The second-order valence-corrected chi connectivity index (χ2v) is 4.54. The normalized spacial score (nSPS) is 10.8. The Labute approximate surface area is 92.8 Å². The Morgan fingerprint density at radius 1 is 1.47 bits per heavy atom. The lowest BCUT2D eigenvalue weighted by Gasteiger charge is -1.93. The minimum atomic E-state index is 0.810. The molecule has 0 saturated heterocycles. The summed E-state index contributed by atoms with van der Waals surface area (Å²) in [6, 6.07) is 3.88. The summed E-state index contributed by atoms with van der Waals surface area (Å²) in [5.41, 5.74) is 5.69. The van der Waals surface area contributed by atoms with Gasteiger partial charge in [-0.1, -0.05) is 6.92 Å². The van der Waals surface area contributed by atoms with E-state index in [2.05, 4.69) is 17.0 Å². The summed E-state index contributed by atoms with van der Waals surface area (Å²) in [4.78, 5) is 5.56. The van der Waals surface area contributed by atoms with Gasteiger partial charge in [0.2, 0.25) is 0 Å². The molecule has 0 unspecified atom stereocenters. The van der Waals surface area contributed by atoms with Gasteiger partial charge in [0.05, 0.1) is 9.88 Å². The van der Waals surface area contributed by atoms with Gasteiger partial charge < -0.3 is 5.73 Å². The molecule has 2 heterocycles. The Kier molecular flexibility index (Phi) is 2.73. The van der Waals surface area contributed by atoms with Gasteiger partial charge in [-0.3, -0.25) is 0 Å². The van der Waals surface area contributed by atoms with Crippen LogP contribution in [0.2, 0.25) is 0 Å². The summed E-state index contributed by atoms with van der Waals surface area (Å²) in [6.07, 6.45) is 1.99. The highest BCUT2D eigenvalue weighted by Gasteiger charge is 2.10. The molecule has 4 nitrogen and oxygen atoms in total. The van der Waals surface area contributed by atoms with Crippen LogP contribution in [0.5, 0.6) is 0 Å². The van der Waals surface area contributed by atoms with Crippen LogP contribution in [0, 0.1) is 0 Å². The van der Waals surface area contributed by atoms with Crippen molar-refractivity contribution in [2.45, 2.75) is 19.8 Å². The minimum absolute atomic E-state index is 0.810. The highest BCUT2D eigenvalue weighted by atomic mass is 32.1. The number of nitrogens with zero attached hydrogens (tertiary/aromatic N) is 3. The molecule has 2 aromatic rings. The Bertz CT molecular complexity index is 458. The van der Waals surface area contributed by atoms with Crippen molar-refractivity contribution < 1.29 is 0 Å². The van der Waals surface area contributed by atoms with Crippen LogP contribution in [0.4, 0.5) is 5.00 Å². The van der Waals surface area contributed by atoms with E-state index in [9.17, 15) is 0 Å². The molecule has 0 fully saturated rings. The van der Waals surface area contributed by atoms with Crippen LogP contribution >= 0.6 is 11.3 Å². The minimum Gasteiger partial charge on any atom is -0.391 e. The molecule has 2 rings (SSSR count). The van der Waals surface area contributed by atoms with E-state index in [4.69, 9.17) is 5.73 Å². The quantitative estimate of drug-likeness (QED) is 0.865. The van der Waals surface area contributed by atoms with E-state index in [0.717, 1.165) is 34.4 Å². The molecule has 0 bridgehead atoms. The van der Waals surface area contributed by atoms with E-state index >= 15 is 0 Å². The molecule has 0 amide bonds. The van der Waals surface area contributed by atoms with Crippen molar-refractivity contribution in [2.75, 3.05) is 5.73 Å². The van der Waals surface area contributed by atoms with E-state index in [-0.39, 0.29) is 0 Å². The van der Waals surface area contributed by atoms with Gasteiger partial charge in [0.1, 0.15) is 0 Å². The molecule has 2 N–H and O–H groups in total. The van der Waals surface area contributed by atoms with Crippen LogP contribution in [0.3, 0.4) is 0 Å². The molecular weight excluding hydrogens is 208 g/mol. The monoisotopic (exact) mass is 222 g/mol. The van der Waals surface area contributed by atoms with Gasteiger partial charge in [0.25, 0.3) is 0 Å². The second-order valence-electron chi connectivity index (χ2n) is 3.43. The number of nitrogen functional groups attached to an aromatic ring is 1. The third-order valence-corrected chi connectivity index (χ3v) is 3.04. The lowest BCUT2D eigenvalue weighted by molar-refractivity contribution is 0.738. The van der Waals surface area contributed by atoms with E-state index in [1.54, 1.807) is 11.3 Å². The largest absolute Gasteiger partial charge is 0.391 e. The predicted molar refractivity (Wildman–Crippen MR) is 62.7 cm³/mol. The molecule has 0 saturated carbocycles. The second kappa shape index (κ2) is 4.02. The summed E-state index contributed by atoms with van der Waals surface area (Å²) in [5.74, 6) is 1.81. The van der Waals surface area contributed by atoms with Crippen molar-refractivity contribution in [2.24, 2.45) is 7.05 Å². The molecule has 0 aromatic carbocycles. The van der Waals surface area contributed by atoms with Crippen LogP contribution in [0.25, 0.3) is 10.7 Å². The van der Waals surface area contributed by atoms with Gasteiger partial charge >= 0.3 is 0 Å². The SMILES string of the molecule is CCCc1nc(-c2ccc(N)s2)n(C)n1. The molecule has 15 heavy (non-hydrogen) atoms. The van der Waals surface area contributed by atoms with Crippen molar-refractivity contribution in [3.63, 3.8) is 0 Å². The standard InChI is InChI=1S/C10H14N4S/c1-3-4-9-12-10(14(2)13-9)7-5-6-8(11)15-7/h5-6H,3-4,11H2,1-2H3. The first-order valence-electron chi connectivity index (χ1n) is 4.96. The van der Waals surface area contributed by atoms with Crippen molar-refractivity contribution in [1.29, 1.82) is 0 Å². The molecule has 0 atom stereocenters. The molecule has 0 aliphatic rings. The molecule has 0 aliphatic carbocycles. The number of nitrogens with two attached hydrogens (primary N) is 1. The summed E-state index contributed by atoms with van der Waals surface area (Å²) in [7, 11) is 1.91. The van der Waals surface area contributed by atoms with Gasteiger partial charge in [0, 0.05) is 13.5 Å². The fourth-order valence-electron chi connectivity index (χ4n) is 1.45. The number of anilines is 1. The van der Waals surface area contributed by atoms with Crippen LogP contribution in [0.15, 0.2) is 12.1 Å². The summed E-state index contributed by atoms with van der Waals surface area (Å²) in [6.45, 7) is 2.12. The zero-order valence-electron chi connectivity index (χ0n) is 8.90. The third kappa shape index (κ3) is 2.02. The van der Waals surface area contributed by atoms with E-state index in [0.29, 0.717) is 0 Å². The maximum absolute atomic E-state index is 5.69. The molecule has 0 radical (unpaired) electrons. The highest BCUT2D eigenvalue weighted by molar-refractivity contribution is 7.19. The number of aromatic nitrogens is 3. The first-order chi connectivity index (χ1) is 7.20. The van der Waals surface area contributed by atoms with Crippen LogP contribution in [-0.4, -0.2) is 14.8 Å². The molecule has 0 spiro atoms. The number of hydrogen-bond acceptors (Lipinski definition) is 4. The summed E-state index contributed by atoms with van der Waals surface area (Å²) < 4.78 is 1.82. The molecule has 0 aliphatic heterocycles. The van der Waals surface area contributed by atoms with Crippen LogP contribution in [0.1, 0.15) is 19.2 Å². The van der Waals surface area contributed by atoms with Gasteiger partial charge in [0.15, 0.2) is 11.6 Å². The molecular formula is C10H14N4S. The molecule has 2 aromatic heterocycles. The smallest absolute Gasteiger partial charge is 0.168 e. The van der Waals surface area contributed by atoms with Gasteiger partial charge in [-0.25, -0.2) is 9.67 Å². The van der Waals surface area contributed by atoms with Gasteiger partial charge in [-0.15, -0.1) is 11.3 Å². The van der Waals surface area contributed by atoms with Crippen LogP contribution < -0.4 is 5.73 Å². The Morgan fingerprint density at radius 3 is 2.87 bits per heavy atom. The van der Waals surface area contributed by atoms with E-state index in [1.165, 1.54) is 0 Å². The molecule has 80 valence electrons. The predicted octanol–water partition coefficient (Wildman–Crippen LogP) is 2.08. The Balaban J connectivity index is 2.35. The number of rotatable bonds is 3. The number of thiophene rings is 1.